The Hall–Kier alpha value is -2.77. The number of methoxy groups -OCH3 is 1. The van der Waals surface area contributed by atoms with Crippen molar-refractivity contribution < 1.29 is 32.2 Å². The van der Waals surface area contributed by atoms with Crippen molar-refractivity contribution in [1.82, 2.24) is 4.31 Å². The minimum absolute atomic E-state index is 0.0409. The zero-order chi connectivity index (χ0) is 38.3. The van der Waals surface area contributed by atoms with Crippen molar-refractivity contribution in [3.63, 3.8) is 0 Å². The standard InChI is InChI=1S/C42H62N2O7SSi/c1-30(2)53(31(3)4,32(5)6)51-29-37-25-39(36-15-12-34(27-45)13-16-36)42(26-44(37)52(46,47)38-17-10-33(7)11-18-38)50-28-35-14-19-41-40(24-35)43(21-23-49-41)20-9-22-48-8/h10-19,24,30-32,37,39,42,45H,9,20-23,25-29H2,1-8H3/t37-,39+,42-/m0/s1. The Morgan fingerprint density at radius 1 is 0.925 bits per heavy atom. The van der Waals surface area contributed by atoms with Gasteiger partial charge in [0.1, 0.15) is 12.4 Å². The van der Waals surface area contributed by atoms with Crippen molar-refractivity contribution in [3.8, 4) is 5.75 Å². The fourth-order valence-electron chi connectivity index (χ4n) is 8.68. The lowest BCUT2D eigenvalue weighted by Gasteiger charge is -2.47. The first-order chi connectivity index (χ1) is 25.3. The molecule has 0 amide bonds. The summed E-state index contributed by atoms with van der Waals surface area (Å²) in [5.74, 6) is 0.763. The smallest absolute Gasteiger partial charge is 0.243 e. The summed E-state index contributed by atoms with van der Waals surface area (Å²) in [5.41, 5.74) is 6.04. The van der Waals surface area contributed by atoms with Crippen LogP contribution in [0.5, 0.6) is 5.75 Å². The third-order valence-electron chi connectivity index (χ3n) is 11.4. The van der Waals surface area contributed by atoms with Gasteiger partial charge in [0.2, 0.25) is 10.0 Å². The third-order valence-corrected chi connectivity index (χ3v) is 19.4. The molecule has 0 bridgehead atoms. The van der Waals surface area contributed by atoms with Crippen molar-refractivity contribution in [3.05, 3.63) is 89.0 Å². The largest absolute Gasteiger partial charge is 0.490 e. The van der Waals surface area contributed by atoms with Crippen LogP contribution in [0.2, 0.25) is 16.6 Å². The van der Waals surface area contributed by atoms with Crippen LogP contribution in [-0.4, -0.2) is 84.9 Å². The number of piperidine rings is 1. The van der Waals surface area contributed by atoms with Crippen LogP contribution in [0, 0.1) is 6.92 Å². The van der Waals surface area contributed by atoms with E-state index in [1.807, 2.05) is 43.3 Å². The molecule has 0 spiro atoms. The predicted molar refractivity (Wildman–Crippen MR) is 215 cm³/mol. The number of hydrogen-bond acceptors (Lipinski definition) is 8. The quantitative estimate of drug-likeness (QED) is 0.109. The Morgan fingerprint density at radius 3 is 2.21 bits per heavy atom. The number of anilines is 1. The Labute approximate surface area is 319 Å². The Kier molecular flexibility index (Phi) is 14.2. The van der Waals surface area contributed by atoms with Gasteiger partial charge in [-0.1, -0.05) is 89.6 Å². The highest BCUT2D eigenvalue weighted by molar-refractivity contribution is 7.89. The molecule has 3 atom stereocenters. The number of rotatable bonds is 17. The molecule has 1 saturated heterocycles. The van der Waals surface area contributed by atoms with Gasteiger partial charge in [-0.05, 0) is 77.3 Å². The molecule has 9 nitrogen and oxygen atoms in total. The first-order valence-corrected chi connectivity index (χ1v) is 22.9. The number of fused-ring (bicyclic) bond motifs is 1. The van der Waals surface area contributed by atoms with Crippen molar-refractivity contribution in [2.45, 2.75) is 114 Å². The maximum absolute atomic E-state index is 14.7. The molecule has 1 fully saturated rings. The summed E-state index contributed by atoms with van der Waals surface area (Å²) >= 11 is 0. The van der Waals surface area contributed by atoms with Gasteiger partial charge in [-0.2, -0.15) is 4.31 Å². The Bertz CT molecular complexity index is 1690. The number of nitrogens with zero attached hydrogens (tertiary/aromatic N) is 2. The van der Waals surface area contributed by atoms with Gasteiger partial charge in [0.05, 0.1) is 43.1 Å². The molecule has 11 heteroatoms. The molecule has 0 unspecified atom stereocenters. The highest BCUT2D eigenvalue weighted by atomic mass is 32.2. The number of sulfonamides is 1. The maximum atomic E-state index is 14.7. The molecule has 0 radical (unpaired) electrons. The summed E-state index contributed by atoms with van der Waals surface area (Å²) in [5, 5.41) is 9.81. The first kappa shape index (κ1) is 41.4. The van der Waals surface area contributed by atoms with Crippen LogP contribution in [0.15, 0.2) is 71.6 Å². The van der Waals surface area contributed by atoms with E-state index >= 15 is 0 Å². The summed E-state index contributed by atoms with van der Waals surface area (Å²) in [6.45, 7) is 19.3. The summed E-state index contributed by atoms with van der Waals surface area (Å²) in [6, 6.07) is 20.9. The molecule has 2 aliphatic rings. The second kappa shape index (κ2) is 18.2. The monoisotopic (exact) mass is 766 g/mol. The van der Waals surface area contributed by atoms with Gasteiger partial charge >= 0.3 is 0 Å². The highest BCUT2D eigenvalue weighted by Gasteiger charge is 2.48. The van der Waals surface area contributed by atoms with E-state index < -0.39 is 30.5 Å². The van der Waals surface area contributed by atoms with E-state index in [-0.39, 0.29) is 24.0 Å². The van der Waals surface area contributed by atoms with E-state index in [4.69, 9.17) is 18.6 Å². The van der Waals surface area contributed by atoms with E-state index in [2.05, 4.69) is 64.6 Å². The van der Waals surface area contributed by atoms with E-state index in [1.165, 1.54) is 0 Å². The van der Waals surface area contributed by atoms with Crippen LogP contribution in [0.3, 0.4) is 0 Å². The molecule has 1 N–H and O–H groups in total. The zero-order valence-corrected chi connectivity index (χ0v) is 34.9. The SMILES string of the molecule is COCCCN1CCOc2ccc(CO[C@H]3CN(S(=O)(=O)c4ccc(C)cc4)[C@H](CO[Si](C(C)C)(C(C)C)C(C)C)C[C@@H]3c3ccc(CO)cc3)cc21. The third kappa shape index (κ3) is 9.37. The van der Waals surface area contributed by atoms with Crippen LogP contribution in [0.25, 0.3) is 0 Å². The normalized spacial score (nSPS) is 19.9. The molecule has 2 aliphatic heterocycles. The molecule has 0 aliphatic carbocycles. The zero-order valence-electron chi connectivity index (χ0n) is 33.1. The van der Waals surface area contributed by atoms with Gasteiger partial charge < -0.3 is 28.6 Å². The number of aliphatic hydroxyl groups excluding tert-OH is 1. The lowest BCUT2D eigenvalue weighted by atomic mass is 9.84. The van der Waals surface area contributed by atoms with Crippen LogP contribution in [-0.2, 0) is 37.1 Å². The van der Waals surface area contributed by atoms with Crippen molar-refractivity contribution in [2.75, 3.05) is 51.5 Å². The molecular weight excluding hydrogens is 705 g/mol. The molecule has 3 aromatic rings. The summed E-state index contributed by atoms with van der Waals surface area (Å²) < 4.78 is 56.3. The minimum atomic E-state index is -3.90. The van der Waals surface area contributed by atoms with Gasteiger partial charge in [-0.25, -0.2) is 8.42 Å². The second-order valence-corrected chi connectivity index (χ2v) is 23.1. The maximum Gasteiger partial charge on any atom is 0.243 e. The predicted octanol–water partition coefficient (Wildman–Crippen LogP) is 8.05. The number of benzene rings is 3. The van der Waals surface area contributed by atoms with Gasteiger partial charge in [0.15, 0.2) is 8.32 Å². The summed E-state index contributed by atoms with van der Waals surface area (Å²) in [4.78, 5) is 2.61. The minimum Gasteiger partial charge on any atom is -0.490 e. The molecular formula is C42H62N2O7SSi. The van der Waals surface area contributed by atoms with Crippen molar-refractivity contribution >= 4 is 24.0 Å². The lowest BCUT2D eigenvalue weighted by Crippen LogP contribution is -2.56. The van der Waals surface area contributed by atoms with Crippen LogP contribution in [0.4, 0.5) is 5.69 Å². The topological polar surface area (TPSA) is 97.8 Å². The molecule has 53 heavy (non-hydrogen) atoms. The average molecular weight is 767 g/mol. The lowest BCUT2D eigenvalue weighted by molar-refractivity contribution is -0.0262. The molecule has 2 heterocycles. The van der Waals surface area contributed by atoms with E-state index in [1.54, 1.807) is 23.5 Å². The molecule has 3 aromatic carbocycles. The molecule has 5 rings (SSSR count). The number of aryl methyl sites for hydroxylation is 1. The van der Waals surface area contributed by atoms with Crippen molar-refractivity contribution in [1.29, 1.82) is 0 Å². The number of hydrogen-bond donors (Lipinski definition) is 1. The Balaban J connectivity index is 1.50. The fraction of sp³-hybridized carbons (Fsp3) is 0.571. The van der Waals surface area contributed by atoms with Gasteiger partial charge in [-0.15, -0.1) is 0 Å². The molecule has 0 aromatic heterocycles. The number of aliphatic hydroxyl groups is 1. The van der Waals surface area contributed by atoms with E-state index in [0.29, 0.717) is 49.5 Å². The van der Waals surface area contributed by atoms with Gasteiger partial charge in [0.25, 0.3) is 0 Å². The molecule has 0 saturated carbocycles. The number of ether oxygens (including phenoxy) is 3. The Morgan fingerprint density at radius 2 is 1.58 bits per heavy atom. The van der Waals surface area contributed by atoms with Crippen LogP contribution >= 0.6 is 0 Å². The summed E-state index contributed by atoms with van der Waals surface area (Å²) in [6.07, 6.45) is 1.03. The molecule has 292 valence electrons. The first-order valence-electron chi connectivity index (χ1n) is 19.3. The van der Waals surface area contributed by atoms with Gasteiger partial charge in [0, 0.05) is 38.8 Å². The second-order valence-electron chi connectivity index (χ2n) is 15.7. The van der Waals surface area contributed by atoms with E-state index in [0.717, 1.165) is 53.2 Å². The van der Waals surface area contributed by atoms with Gasteiger partial charge in [-0.3, -0.25) is 0 Å². The average Bonchev–Trinajstić information content (AvgIpc) is 3.14. The van der Waals surface area contributed by atoms with E-state index in [9.17, 15) is 13.5 Å². The highest BCUT2D eigenvalue weighted by Crippen LogP contribution is 2.44. The fourth-order valence-corrected chi connectivity index (χ4v) is 15.8. The van der Waals surface area contributed by atoms with Crippen LogP contribution < -0.4 is 9.64 Å². The van der Waals surface area contributed by atoms with Crippen molar-refractivity contribution in [2.24, 2.45) is 0 Å². The van der Waals surface area contributed by atoms with Crippen LogP contribution in [0.1, 0.15) is 82.6 Å². The summed E-state index contributed by atoms with van der Waals surface area (Å²) in [7, 11) is -4.48.